The molecule has 1 heterocycles. The molecule has 112 valence electrons. The minimum absolute atomic E-state index is 0.190. The van der Waals surface area contributed by atoms with Crippen molar-refractivity contribution in [3.63, 3.8) is 0 Å². The van der Waals surface area contributed by atoms with Gasteiger partial charge in [-0.25, -0.2) is 4.79 Å². The van der Waals surface area contributed by atoms with Crippen LogP contribution in [0, 0.1) is 17.3 Å². The van der Waals surface area contributed by atoms with Gasteiger partial charge in [-0.15, -0.1) is 0 Å². The zero-order valence-electron chi connectivity index (χ0n) is 12.7. The maximum Gasteiger partial charge on any atom is 0.336 e. The Balaban J connectivity index is 2.12. The first-order valence-corrected chi connectivity index (χ1v) is 7.54. The molecule has 0 spiro atoms. The van der Waals surface area contributed by atoms with Crippen LogP contribution in [0.2, 0.25) is 0 Å². The average Bonchev–Trinajstić information content (AvgIpc) is 2.66. The number of fused-ring (bicyclic) bond motifs is 2. The van der Waals surface area contributed by atoms with E-state index >= 15 is 0 Å². The molecule has 0 unspecified atom stereocenters. The summed E-state index contributed by atoms with van der Waals surface area (Å²) in [6.45, 7) is 6.11. The highest BCUT2D eigenvalue weighted by atomic mass is 16.7. The molecule has 0 amide bonds. The number of esters is 1. The molecule has 0 bridgehead atoms. The van der Waals surface area contributed by atoms with E-state index in [2.05, 4.69) is 13.8 Å². The number of methoxy groups -OCH3 is 1. The Morgan fingerprint density at radius 2 is 2.10 bits per heavy atom. The first-order chi connectivity index (χ1) is 9.36. The Morgan fingerprint density at radius 3 is 2.75 bits per heavy atom. The van der Waals surface area contributed by atoms with Gasteiger partial charge in [-0.1, -0.05) is 26.7 Å². The average molecular weight is 280 g/mol. The summed E-state index contributed by atoms with van der Waals surface area (Å²) in [5.74, 6) is -0.622. The van der Waals surface area contributed by atoms with Crippen molar-refractivity contribution in [2.75, 3.05) is 7.11 Å². The minimum Gasteiger partial charge on any atom is -0.425 e. The molecule has 4 heteroatoms. The molecule has 2 fully saturated rings. The molecule has 2 aliphatic carbocycles. The third kappa shape index (κ3) is 1.52. The SMILES string of the molecule is CO[C@@]12C[C@H]3CCC[C@H](C)[C@@]3(C)[C@H](O)C1=C(C)C(=O)O2. The molecule has 0 aromatic carbocycles. The third-order valence-corrected chi connectivity index (χ3v) is 6.22. The number of hydrogen-bond acceptors (Lipinski definition) is 4. The molecule has 20 heavy (non-hydrogen) atoms. The molecule has 0 aromatic rings. The van der Waals surface area contributed by atoms with E-state index in [1.165, 1.54) is 6.42 Å². The first-order valence-electron chi connectivity index (χ1n) is 7.54. The van der Waals surface area contributed by atoms with E-state index in [0.29, 0.717) is 29.4 Å². The Kier molecular flexibility index (Phi) is 3.04. The molecule has 0 saturated heterocycles. The fourth-order valence-electron chi connectivity index (χ4n) is 4.62. The smallest absolute Gasteiger partial charge is 0.336 e. The van der Waals surface area contributed by atoms with E-state index < -0.39 is 11.9 Å². The Bertz CT molecular complexity index is 483. The van der Waals surface area contributed by atoms with Crippen molar-refractivity contribution in [3.05, 3.63) is 11.1 Å². The first kappa shape index (κ1) is 14.1. The van der Waals surface area contributed by atoms with Gasteiger partial charge in [-0.05, 0) is 25.2 Å². The van der Waals surface area contributed by atoms with Gasteiger partial charge in [0.05, 0.1) is 6.10 Å². The van der Waals surface area contributed by atoms with Gasteiger partial charge in [0.1, 0.15) is 0 Å². The number of hydrogen-bond donors (Lipinski definition) is 1. The van der Waals surface area contributed by atoms with Crippen molar-refractivity contribution in [3.8, 4) is 0 Å². The highest BCUT2D eigenvalue weighted by molar-refractivity contribution is 5.92. The number of carbonyl (C=O) groups is 1. The molecule has 5 atom stereocenters. The summed E-state index contributed by atoms with van der Waals surface area (Å²) in [6, 6.07) is 0. The molecule has 3 rings (SSSR count). The summed E-state index contributed by atoms with van der Waals surface area (Å²) in [5.41, 5.74) is 1.000. The molecule has 3 aliphatic rings. The van der Waals surface area contributed by atoms with Gasteiger partial charge in [0.25, 0.3) is 0 Å². The second-order valence-electron chi connectivity index (χ2n) is 6.89. The van der Waals surface area contributed by atoms with Crippen molar-refractivity contribution in [2.24, 2.45) is 17.3 Å². The zero-order chi connectivity index (χ0) is 14.7. The Morgan fingerprint density at radius 1 is 1.40 bits per heavy atom. The highest BCUT2D eigenvalue weighted by Crippen LogP contribution is 2.60. The van der Waals surface area contributed by atoms with E-state index in [9.17, 15) is 9.90 Å². The van der Waals surface area contributed by atoms with Crippen LogP contribution in [0.4, 0.5) is 0 Å². The number of ether oxygens (including phenoxy) is 2. The Hall–Kier alpha value is -0.870. The van der Waals surface area contributed by atoms with Crippen molar-refractivity contribution in [2.45, 2.75) is 58.3 Å². The summed E-state index contributed by atoms with van der Waals surface area (Å²) in [4.78, 5) is 12.0. The number of aliphatic hydroxyl groups excluding tert-OH is 1. The lowest BCUT2D eigenvalue weighted by atomic mass is 9.52. The fourth-order valence-corrected chi connectivity index (χ4v) is 4.62. The molecule has 1 N–H and O–H groups in total. The van der Waals surface area contributed by atoms with Crippen molar-refractivity contribution < 1.29 is 19.4 Å². The second-order valence-corrected chi connectivity index (χ2v) is 6.89. The van der Waals surface area contributed by atoms with Crippen molar-refractivity contribution in [1.82, 2.24) is 0 Å². The lowest BCUT2D eigenvalue weighted by molar-refractivity contribution is -0.233. The summed E-state index contributed by atoms with van der Waals surface area (Å²) < 4.78 is 11.1. The predicted molar refractivity (Wildman–Crippen MR) is 73.8 cm³/mol. The molecule has 4 nitrogen and oxygen atoms in total. The van der Waals surface area contributed by atoms with Gasteiger partial charge in [-0.3, -0.25) is 0 Å². The quantitative estimate of drug-likeness (QED) is 0.749. The summed E-state index contributed by atoms with van der Waals surface area (Å²) in [7, 11) is 1.56. The summed E-state index contributed by atoms with van der Waals surface area (Å²) in [6.07, 6.45) is 3.36. The van der Waals surface area contributed by atoms with Crippen LogP contribution in [0.15, 0.2) is 11.1 Å². The highest BCUT2D eigenvalue weighted by Gasteiger charge is 2.63. The van der Waals surface area contributed by atoms with Crippen LogP contribution in [0.1, 0.15) is 46.5 Å². The number of rotatable bonds is 1. The van der Waals surface area contributed by atoms with Crippen LogP contribution in [-0.4, -0.2) is 30.1 Å². The van der Waals surface area contributed by atoms with E-state index in [1.54, 1.807) is 14.0 Å². The molecular weight excluding hydrogens is 256 g/mol. The monoisotopic (exact) mass is 280 g/mol. The van der Waals surface area contributed by atoms with Crippen LogP contribution in [0.5, 0.6) is 0 Å². The van der Waals surface area contributed by atoms with Gasteiger partial charge in [0.15, 0.2) is 0 Å². The third-order valence-electron chi connectivity index (χ3n) is 6.22. The van der Waals surface area contributed by atoms with Crippen molar-refractivity contribution >= 4 is 5.97 Å². The van der Waals surface area contributed by atoms with Crippen LogP contribution < -0.4 is 0 Å². The fraction of sp³-hybridized carbons (Fsp3) is 0.812. The Labute approximate surface area is 120 Å². The molecule has 2 saturated carbocycles. The van der Waals surface area contributed by atoms with E-state index in [0.717, 1.165) is 12.8 Å². The van der Waals surface area contributed by atoms with Crippen molar-refractivity contribution in [1.29, 1.82) is 0 Å². The van der Waals surface area contributed by atoms with Crippen LogP contribution in [0.25, 0.3) is 0 Å². The normalized spacial score (nSPS) is 47.9. The summed E-state index contributed by atoms with van der Waals surface area (Å²) in [5, 5.41) is 11.0. The van der Waals surface area contributed by atoms with Gasteiger partial charge in [0, 0.05) is 30.1 Å². The van der Waals surface area contributed by atoms with Gasteiger partial charge in [0.2, 0.25) is 5.79 Å². The van der Waals surface area contributed by atoms with Crippen LogP contribution in [0.3, 0.4) is 0 Å². The number of carbonyl (C=O) groups excluding carboxylic acids is 1. The topological polar surface area (TPSA) is 55.8 Å². The van der Waals surface area contributed by atoms with E-state index in [1.807, 2.05) is 0 Å². The van der Waals surface area contributed by atoms with Gasteiger partial charge < -0.3 is 14.6 Å². The largest absolute Gasteiger partial charge is 0.425 e. The van der Waals surface area contributed by atoms with Gasteiger partial charge >= 0.3 is 5.97 Å². The molecular formula is C16H24O4. The standard InChI is InChI=1S/C16H24O4/c1-9-6-5-7-11-8-16(19-4)12(10(2)14(18)20-16)13(17)15(9,11)3/h9,11,13,17H,5-8H2,1-4H3/t9-,11+,13+,15+,16+/m0/s1. The lowest BCUT2D eigenvalue weighted by Crippen LogP contribution is -2.58. The maximum atomic E-state index is 12.0. The predicted octanol–water partition coefficient (Wildman–Crippen LogP) is 2.41. The molecule has 1 aliphatic heterocycles. The van der Waals surface area contributed by atoms with E-state index in [4.69, 9.17) is 9.47 Å². The second kappa shape index (κ2) is 4.31. The minimum atomic E-state index is -1.03. The summed E-state index contributed by atoms with van der Waals surface area (Å²) >= 11 is 0. The van der Waals surface area contributed by atoms with E-state index in [-0.39, 0.29) is 11.4 Å². The zero-order valence-corrected chi connectivity index (χ0v) is 12.7. The maximum absolute atomic E-state index is 12.0. The molecule has 0 radical (unpaired) electrons. The van der Waals surface area contributed by atoms with Crippen LogP contribution in [-0.2, 0) is 14.3 Å². The van der Waals surface area contributed by atoms with Gasteiger partial charge in [-0.2, -0.15) is 0 Å². The molecule has 0 aromatic heterocycles. The number of aliphatic hydroxyl groups is 1. The van der Waals surface area contributed by atoms with Crippen LogP contribution >= 0.6 is 0 Å². The lowest BCUT2D eigenvalue weighted by Gasteiger charge is -2.56.